The number of hydrogen-bond donors (Lipinski definition) is 1. The predicted molar refractivity (Wildman–Crippen MR) is 84.2 cm³/mol. The van der Waals surface area contributed by atoms with E-state index < -0.39 is 5.97 Å². The molecule has 21 heavy (non-hydrogen) atoms. The average Bonchev–Trinajstić information content (AvgIpc) is 2.41. The Morgan fingerprint density at radius 2 is 2.05 bits per heavy atom. The molecule has 2 rings (SSSR count). The van der Waals surface area contributed by atoms with Crippen molar-refractivity contribution in [3.63, 3.8) is 0 Å². The largest absolute Gasteiger partial charge is 0.480 e. The van der Waals surface area contributed by atoms with Crippen molar-refractivity contribution in [1.82, 2.24) is 0 Å². The lowest BCUT2D eigenvalue weighted by Crippen LogP contribution is -2.29. The SMILES string of the molecule is O=C(O)CN(Cc1cc(Br)ccc1F)c1cccc(Cl)c1. The standard InChI is InChI=1S/C15H12BrClFNO2/c16-11-4-5-14(18)10(6-11)8-19(9-15(20)21)13-3-1-2-12(17)7-13/h1-7H,8-9H2,(H,20,21). The van der Waals surface area contributed by atoms with Gasteiger partial charge in [-0.05, 0) is 36.4 Å². The van der Waals surface area contributed by atoms with Crippen LogP contribution in [-0.2, 0) is 11.3 Å². The number of anilines is 1. The van der Waals surface area contributed by atoms with Crippen molar-refractivity contribution in [2.75, 3.05) is 11.4 Å². The second-order valence-electron chi connectivity index (χ2n) is 4.47. The summed E-state index contributed by atoms with van der Waals surface area (Å²) in [5.41, 5.74) is 1.04. The lowest BCUT2D eigenvalue weighted by Gasteiger charge is -2.23. The second-order valence-corrected chi connectivity index (χ2v) is 5.82. The van der Waals surface area contributed by atoms with Gasteiger partial charge in [-0.3, -0.25) is 4.79 Å². The Labute approximate surface area is 135 Å². The highest BCUT2D eigenvalue weighted by Gasteiger charge is 2.14. The van der Waals surface area contributed by atoms with Gasteiger partial charge in [0.15, 0.2) is 0 Å². The van der Waals surface area contributed by atoms with Crippen LogP contribution in [0.2, 0.25) is 5.02 Å². The Morgan fingerprint density at radius 1 is 1.29 bits per heavy atom. The quantitative estimate of drug-likeness (QED) is 0.849. The van der Waals surface area contributed by atoms with E-state index in [4.69, 9.17) is 16.7 Å². The van der Waals surface area contributed by atoms with E-state index in [1.54, 1.807) is 41.3 Å². The molecule has 0 saturated carbocycles. The number of rotatable bonds is 5. The van der Waals surface area contributed by atoms with Crippen molar-refractivity contribution >= 4 is 39.2 Å². The van der Waals surface area contributed by atoms with Gasteiger partial charge in [-0.15, -0.1) is 0 Å². The molecule has 0 aliphatic heterocycles. The van der Waals surface area contributed by atoms with Crippen LogP contribution in [0.4, 0.5) is 10.1 Å². The molecule has 0 aliphatic rings. The summed E-state index contributed by atoms with van der Waals surface area (Å²) >= 11 is 9.21. The van der Waals surface area contributed by atoms with Crippen molar-refractivity contribution in [1.29, 1.82) is 0 Å². The van der Waals surface area contributed by atoms with Gasteiger partial charge in [0.25, 0.3) is 0 Å². The number of halogens is 3. The molecule has 0 bridgehead atoms. The fourth-order valence-electron chi connectivity index (χ4n) is 1.94. The van der Waals surface area contributed by atoms with Crippen LogP contribution in [0.25, 0.3) is 0 Å². The topological polar surface area (TPSA) is 40.5 Å². The van der Waals surface area contributed by atoms with Gasteiger partial charge in [0, 0.05) is 27.3 Å². The van der Waals surface area contributed by atoms with Crippen LogP contribution in [0, 0.1) is 5.82 Å². The van der Waals surface area contributed by atoms with E-state index in [1.165, 1.54) is 6.07 Å². The molecule has 2 aromatic carbocycles. The summed E-state index contributed by atoms with van der Waals surface area (Å²) in [4.78, 5) is 12.6. The van der Waals surface area contributed by atoms with E-state index in [0.717, 1.165) is 4.47 Å². The second kappa shape index (κ2) is 6.91. The molecule has 1 N–H and O–H groups in total. The van der Waals surface area contributed by atoms with Crippen LogP contribution in [0.5, 0.6) is 0 Å². The molecule has 110 valence electrons. The zero-order valence-electron chi connectivity index (χ0n) is 10.9. The molecule has 2 aromatic rings. The molecule has 0 aromatic heterocycles. The number of carbonyl (C=O) groups is 1. The Balaban J connectivity index is 2.32. The molecule has 0 heterocycles. The number of nitrogens with zero attached hydrogens (tertiary/aromatic N) is 1. The van der Waals surface area contributed by atoms with Gasteiger partial charge in [-0.2, -0.15) is 0 Å². The van der Waals surface area contributed by atoms with Crippen molar-refractivity contribution < 1.29 is 14.3 Å². The normalized spacial score (nSPS) is 10.4. The summed E-state index contributed by atoms with van der Waals surface area (Å²) in [6.07, 6.45) is 0. The third-order valence-corrected chi connectivity index (χ3v) is 3.60. The van der Waals surface area contributed by atoms with Gasteiger partial charge < -0.3 is 10.0 Å². The van der Waals surface area contributed by atoms with Gasteiger partial charge in [0.2, 0.25) is 0 Å². The molecule has 0 amide bonds. The number of carboxylic acids is 1. The molecule has 0 atom stereocenters. The zero-order valence-corrected chi connectivity index (χ0v) is 13.2. The molecule has 0 spiro atoms. The summed E-state index contributed by atoms with van der Waals surface area (Å²) in [5, 5.41) is 9.54. The molecule has 6 heteroatoms. The minimum absolute atomic E-state index is 0.137. The van der Waals surface area contributed by atoms with Gasteiger partial charge in [-0.1, -0.05) is 33.6 Å². The fourth-order valence-corrected chi connectivity index (χ4v) is 2.54. The van der Waals surface area contributed by atoms with Crippen LogP contribution in [0.15, 0.2) is 46.9 Å². The number of benzene rings is 2. The maximum absolute atomic E-state index is 13.8. The first kappa shape index (κ1) is 15.8. The summed E-state index contributed by atoms with van der Waals surface area (Å²) in [6.45, 7) is -0.107. The van der Waals surface area contributed by atoms with E-state index in [9.17, 15) is 9.18 Å². The maximum atomic E-state index is 13.8. The molecule has 0 saturated heterocycles. The predicted octanol–water partition coefficient (Wildman–Crippen LogP) is 4.33. The molecule has 0 aliphatic carbocycles. The Bertz CT molecular complexity index is 666. The van der Waals surface area contributed by atoms with Crippen molar-refractivity contribution in [3.8, 4) is 0 Å². The third kappa shape index (κ3) is 4.44. The molecule has 0 radical (unpaired) electrons. The van der Waals surface area contributed by atoms with Gasteiger partial charge in [0.1, 0.15) is 12.4 Å². The van der Waals surface area contributed by atoms with Crippen LogP contribution in [-0.4, -0.2) is 17.6 Å². The minimum atomic E-state index is -0.995. The van der Waals surface area contributed by atoms with Crippen LogP contribution < -0.4 is 4.90 Å². The average molecular weight is 373 g/mol. The Hall–Kier alpha value is -1.59. The number of aliphatic carboxylic acids is 1. The molecular formula is C15H12BrClFNO2. The first-order valence-electron chi connectivity index (χ1n) is 6.12. The van der Waals surface area contributed by atoms with Gasteiger partial charge >= 0.3 is 5.97 Å². The number of hydrogen-bond acceptors (Lipinski definition) is 2. The molecule has 3 nitrogen and oxygen atoms in total. The monoisotopic (exact) mass is 371 g/mol. The maximum Gasteiger partial charge on any atom is 0.323 e. The summed E-state index contributed by atoms with van der Waals surface area (Å²) in [5.74, 6) is -1.37. The minimum Gasteiger partial charge on any atom is -0.480 e. The lowest BCUT2D eigenvalue weighted by atomic mass is 10.2. The van der Waals surface area contributed by atoms with Crippen molar-refractivity contribution in [2.24, 2.45) is 0 Å². The van der Waals surface area contributed by atoms with E-state index in [0.29, 0.717) is 16.3 Å². The summed E-state index contributed by atoms with van der Waals surface area (Å²) in [6, 6.07) is 11.4. The highest BCUT2D eigenvalue weighted by Crippen LogP contribution is 2.23. The highest BCUT2D eigenvalue weighted by molar-refractivity contribution is 9.10. The summed E-state index contributed by atoms with van der Waals surface area (Å²) < 4.78 is 14.6. The van der Waals surface area contributed by atoms with E-state index in [-0.39, 0.29) is 18.9 Å². The highest BCUT2D eigenvalue weighted by atomic mass is 79.9. The Morgan fingerprint density at radius 3 is 2.71 bits per heavy atom. The van der Waals surface area contributed by atoms with Crippen LogP contribution >= 0.6 is 27.5 Å². The van der Waals surface area contributed by atoms with E-state index >= 15 is 0 Å². The van der Waals surface area contributed by atoms with Crippen molar-refractivity contribution in [3.05, 3.63) is 63.3 Å². The fraction of sp³-hybridized carbons (Fsp3) is 0.133. The number of carboxylic acid groups (broad SMARTS) is 1. The van der Waals surface area contributed by atoms with Crippen LogP contribution in [0.3, 0.4) is 0 Å². The summed E-state index contributed by atoms with van der Waals surface area (Å²) in [7, 11) is 0. The van der Waals surface area contributed by atoms with E-state index in [1.807, 2.05) is 0 Å². The molecule has 0 fully saturated rings. The first-order valence-corrected chi connectivity index (χ1v) is 7.29. The lowest BCUT2D eigenvalue weighted by molar-refractivity contribution is -0.135. The zero-order chi connectivity index (χ0) is 15.4. The van der Waals surface area contributed by atoms with E-state index in [2.05, 4.69) is 15.9 Å². The molecule has 0 unspecified atom stereocenters. The van der Waals surface area contributed by atoms with Crippen LogP contribution in [0.1, 0.15) is 5.56 Å². The van der Waals surface area contributed by atoms with Crippen molar-refractivity contribution in [2.45, 2.75) is 6.54 Å². The smallest absolute Gasteiger partial charge is 0.323 e. The van der Waals surface area contributed by atoms with Gasteiger partial charge in [-0.25, -0.2) is 4.39 Å². The molecular weight excluding hydrogens is 361 g/mol. The van der Waals surface area contributed by atoms with Gasteiger partial charge in [0.05, 0.1) is 0 Å². The first-order chi connectivity index (χ1) is 9.95. The Kier molecular flexibility index (Phi) is 5.20. The third-order valence-electron chi connectivity index (χ3n) is 2.87.